The molecular formula is C59H98O6. The number of allylic oxidation sites excluding steroid dienone is 16. The molecule has 0 aromatic heterocycles. The van der Waals surface area contributed by atoms with Gasteiger partial charge in [0.05, 0.1) is 0 Å². The molecule has 0 bridgehead atoms. The van der Waals surface area contributed by atoms with E-state index in [1.165, 1.54) is 83.5 Å². The van der Waals surface area contributed by atoms with E-state index in [-0.39, 0.29) is 37.5 Å². The molecule has 0 aliphatic rings. The summed E-state index contributed by atoms with van der Waals surface area (Å²) in [5, 5.41) is 0. The molecule has 370 valence electrons. The van der Waals surface area contributed by atoms with Crippen LogP contribution in [0, 0.1) is 0 Å². The van der Waals surface area contributed by atoms with Gasteiger partial charge in [0.1, 0.15) is 13.2 Å². The van der Waals surface area contributed by atoms with Crippen LogP contribution in [0.25, 0.3) is 0 Å². The zero-order valence-corrected chi connectivity index (χ0v) is 42.2. The van der Waals surface area contributed by atoms with E-state index in [1.807, 2.05) is 0 Å². The van der Waals surface area contributed by atoms with Crippen molar-refractivity contribution in [1.29, 1.82) is 0 Å². The molecule has 1 unspecified atom stereocenters. The number of esters is 3. The van der Waals surface area contributed by atoms with E-state index in [0.29, 0.717) is 12.8 Å². The van der Waals surface area contributed by atoms with Crippen LogP contribution in [-0.4, -0.2) is 37.2 Å². The van der Waals surface area contributed by atoms with E-state index in [2.05, 4.69) is 118 Å². The van der Waals surface area contributed by atoms with Gasteiger partial charge < -0.3 is 14.2 Å². The monoisotopic (exact) mass is 903 g/mol. The maximum Gasteiger partial charge on any atom is 0.306 e. The fourth-order valence-electron chi connectivity index (χ4n) is 7.15. The molecule has 0 aromatic carbocycles. The van der Waals surface area contributed by atoms with E-state index in [9.17, 15) is 14.4 Å². The average Bonchev–Trinajstić information content (AvgIpc) is 3.30. The first-order valence-electron chi connectivity index (χ1n) is 26.8. The first kappa shape index (κ1) is 61.3. The fraction of sp³-hybridized carbons (Fsp3) is 0.678. The molecule has 0 rings (SSSR count). The third kappa shape index (κ3) is 51.2. The molecule has 0 saturated carbocycles. The van der Waals surface area contributed by atoms with E-state index < -0.39 is 6.10 Å². The normalized spacial score (nSPS) is 12.8. The summed E-state index contributed by atoms with van der Waals surface area (Å²) in [6, 6.07) is 0. The number of hydrogen-bond acceptors (Lipinski definition) is 6. The Morgan fingerprint density at radius 3 is 1.12 bits per heavy atom. The molecule has 0 fully saturated rings. The molecule has 6 heteroatoms. The molecule has 0 spiro atoms. The third-order valence-corrected chi connectivity index (χ3v) is 11.2. The summed E-state index contributed by atoms with van der Waals surface area (Å²) in [6.07, 6.45) is 69.5. The van der Waals surface area contributed by atoms with Crippen LogP contribution in [0.5, 0.6) is 0 Å². The lowest BCUT2D eigenvalue weighted by atomic mass is 10.0. The summed E-state index contributed by atoms with van der Waals surface area (Å²) < 4.78 is 16.8. The summed E-state index contributed by atoms with van der Waals surface area (Å²) in [6.45, 7) is 6.44. The quantitative estimate of drug-likeness (QED) is 0.0199. The number of carbonyl (C=O) groups excluding carboxylic acids is 3. The second-order valence-corrected chi connectivity index (χ2v) is 17.5. The molecule has 0 amide bonds. The molecule has 0 N–H and O–H groups in total. The summed E-state index contributed by atoms with van der Waals surface area (Å²) in [5.74, 6) is -0.953. The average molecular weight is 903 g/mol. The lowest BCUT2D eigenvalue weighted by molar-refractivity contribution is -0.167. The van der Waals surface area contributed by atoms with E-state index in [1.54, 1.807) is 0 Å². The predicted octanol–water partition coefficient (Wildman–Crippen LogP) is 17.8. The Morgan fingerprint density at radius 1 is 0.338 bits per heavy atom. The van der Waals surface area contributed by atoms with Crippen molar-refractivity contribution in [3.05, 3.63) is 97.2 Å². The molecule has 0 heterocycles. The van der Waals surface area contributed by atoms with Crippen LogP contribution in [0.3, 0.4) is 0 Å². The lowest BCUT2D eigenvalue weighted by Gasteiger charge is -2.18. The first-order chi connectivity index (χ1) is 32.0. The van der Waals surface area contributed by atoms with Crippen molar-refractivity contribution in [2.24, 2.45) is 0 Å². The molecular weight excluding hydrogens is 805 g/mol. The first-order valence-corrected chi connectivity index (χ1v) is 26.8. The maximum absolute atomic E-state index is 12.8. The lowest BCUT2D eigenvalue weighted by Crippen LogP contribution is -2.30. The Labute approximate surface area is 400 Å². The molecule has 0 aromatic rings. The van der Waals surface area contributed by atoms with Gasteiger partial charge in [-0.2, -0.15) is 0 Å². The Bertz CT molecular complexity index is 1310. The van der Waals surface area contributed by atoms with Crippen LogP contribution in [0.4, 0.5) is 0 Å². The van der Waals surface area contributed by atoms with Gasteiger partial charge in [-0.3, -0.25) is 14.4 Å². The second kappa shape index (κ2) is 52.9. The largest absolute Gasteiger partial charge is 0.462 e. The van der Waals surface area contributed by atoms with Crippen LogP contribution in [0.1, 0.15) is 239 Å². The zero-order valence-electron chi connectivity index (χ0n) is 42.2. The Kier molecular flexibility index (Phi) is 50.0. The van der Waals surface area contributed by atoms with Crippen molar-refractivity contribution in [1.82, 2.24) is 0 Å². The van der Waals surface area contributed by atoms with E-state index in [4.69, 9.17) is 14.2 Å². The number of hydrogen-bond donors (Lipinski definition) is 0. The van der Waals surface area contributed by atoms with Gasteiger partial charge in [-0.25, -0.2) is 0 Å². The highest BCUT2D eigenvalue weighted by Gasteiger charge is 2.19. The van der Waals surface area contributed by atoms with Crippen LogP contribution in [0.2, 0.25) is 0 Å². The highest BCUT2D eigenvalue weighted by Crippen LogP contribution is 2.14. The van der Waals surface area contributed by atoms with Gasteiger partial charge in [-0.15, -0.1) is 0 Å². The van der Waals surface area contributed by atoms with Gasteiger partial charge in [-0.1, -0.05) is 234 Å². The number of ether oxygens (including phenoxy) is 3. The van der Waals surface area contributed by atoms with E-state index >= 15 is 0 Å². The SMILES string of the molecule is CC/C=C\C/C=C\C/C=C\C/C=C\CCCCCC(=O)OC(COC(=O)CCCCCCC\C=C/C=C\C=C/C=C\CCCCC)COC(=O)CCCCCCCCCCCCCCC. The molecule has 0 radical (unpaired) electrons. The number of rotatable bonds is 47. The van der Waals surface area contributed by atoms with Crippen LogP contribution in [-0.2, 0) is 28.6 Å². The number of carbonyl (C=O) groups is 3. The molecule has 65 heavy (non-hydrogen) atoms. The van der Waals surface area contributed by atoms with Gasteiger partial charge in [0.25, 0.3) is 0 Å². The Hall–Kier alpha value is -3.67. The van der Waals surface area contributed by atoms with Crippen molar-refractivity contribution in [3.63, 3.8) is 0 Å². The van der Waals surface area contributed by atoms with Crippen LogP contribution < -0.4 is 0 Å². The third-order valence-electron chi connectivity index (χ3n) is 11.2. The molecule has 6 nitrogen and oxygen atoms in total. The van der Waals surface area contributed by atoms with Crippen molar-refractivity contribution in [3.8, 4) is 0 Å². The van der Waals surface area contributed by atoms with Gasteiger partial charge in [-0.05, 0) is 83.5 Å². The van der Waals surface area contributed by atoms with Gasteiger partial charge in [0.2, 0.25) is 0 Å². The van der Waals surface area contributed by atoms with Crippen molar-refractivity contribution in [2.45, 2.75) is 245 Å². The van der Waals surface area contributed by atoms with Gasteiger partial charge >= 0.3 is 17.9 Å². The van der Waals surface area contributed by atoms with Crippen molar-refractivity contribution in [2.75, 3.05) is 13.2 Å². The smallest absolute Gasteiger partial charge is 0.306 e. The van der Waals surface area contributed by atoms with Crippen LogP contribution >= 0.6 is 0 Å². The highest BCUT2D eigenvalue weighted by atomic mass is 16.6. The fourth-order valence-corrected chi connectivity index (χ4v) is 7.15. The summed E-state index contributed by atoms with van der Waals surface area (Å²) >= 11 is 0. The zero-order chi connectivity index (χ0) is 47.2. The predicted molar refractivity (Wildman–Crippen MR) is 279 cm³/mol. The van der Waals surface area contributed by atoms with Gasteiger partial charge in [0.15, 0.2) is 6.10 Å². The Morgan fingerprint density at radius 2 is 0.662 bits per heavy atom. The molecule has 1 atom stereocenters. The van der Waals surface area contributed by atoms with Crippen molar-refractivity contribution < 1.29 is 28.6 Å². The minimum atomic E-state index is -0.803. The topological polar surface area (TPSA) is 78.9 Å². The summed E-state index contributed by atoms with van der Waals surface area (Å²) in [5.41, 5.74) is 0. The highest BCUT2D eigenvalue weighted by molar-refractivity contribution is 5.71. The summed E-state index contributed by atoms with van der Waals surface area (Å²) in [7, 11) is 0. The second-order valence-electron chi connectivity index (χ2n) is 17.5. The standard InChI is InChI=1S/C59H98O6/c1-4-7-10-13-16-19-22-25-27-29-30-32-34-37-40-43-46-49-52-58(61)64-55-56(54-63-57(60)51-48-45-42-39-36-33-24-21-18-15-12-9-6-3)65-59(62)53-50-47-44-41-38-35-31-28-26-23-20-17-14-11-8-5-2/h8,11,16-17,19-20,22,25-30,32,35,38,56H,4-7,9-10,12-15,18,21,23-24,31,33-34,36-37,39-55H2,1-3H3/b11-8-,19-16-,20-17-,25-22-,28-26-,29-27-,32-30-,38-35-. The summed E-state index contributed by atoms with van der Waals surface area (Å²) in [4.78, 5) is 38.0. The minimum absolute atomic E-state index is 0.0976. The maximum atomic E-state index is 12.8. The molecule has 0 saturated heterocycles. The van der Waals surface area contributed by atoms with E-state index in [0.717, 1.165) is 116 Å². The van der Waals surface area contributed by atoms with Gasteiger partial charge in [0, 0.05) is 19.3 Å². The Balaban J connectivity index is 4.49. The minimum Gasteiger partial charge on any atom is -0.462 e. The van der Waals surface area contributed by atoms with Crippen molar-refractivity contribution >= 4 is 17.9 Å². The number of unbranched alkanes of at least 4 members (excludes halogenated alkanes) is 23. The molecule has 0 aliphatic heterocycles. The molecule has 0 aliphatic carbocycles. The van der Waals surface area contributed by atoms with Crippen LogP contribution in [0.15, 0.2) is 97.2 Å².